The molecule has 1 aromatic carbocycles. The highest BCUT2D eigenvalue weighted by Crippen LogP contribution is 2.19. The van der Waals surface area contributed by atoms with E-state index < -0.39 is 60.2 Å². The van der Waals surface area contributed by atoms with Crippen LogP contribution in [-0.4, -0.2) is 79.0 Å². The van der Waals surface area contributed by atoms with Crippen molar-refractivity contribution in [1.82, 2.24) is 30.9 Å². The van der Waals surface area contributed by atoms with Crippen molar-refractivity contribution in [3.8, 4) is 0 Å². The summed E-state index contributed by atoms with van der Waals surface area (Å²) in [4.78, 5) is 71.1. The molecule has 14 nitrogen and oxygen atoms in total. The van der Waals surface area contributed by atoms with E-state index in [-0.39, 0.29) is 12.8 Å². The van der Waals surface area contributed by atoms with Crippen molar-refractivity contribution >= 4 is 40.6 Å². The molecule has 2 aromatic heterocycles. The smallest absolute Gasteiger partial charge is 0.325 e. The molecule has 38 heavy (non-hydrogen) atoms. The molecule has 0 saturated carbocycles. The maximum absolute atomic E-state index is 13.1. The zero-order chi connectivity index (χ0) is 27.8. The number of carboxylic acid groups (broad SMARTS) is 2. The highest BCUT2D eigenvalue weighted by molar-refractivity contribution is 5.96. The van der Waals surface area contributed by atoms with Crippen molar-refractivity contribution in [2.24, 2.45) is 5.73 Å². The summed E-state index contributed by atoms with van der Waals surface area (Å²) in [6, 6.07) is 2.06. The number of aromatic amines is 2. The van der Waals surface area contributed by atoms with Gasteiger partial charge in [-0.3, -0.25) is 24.0 Å². The molecule has 0 aliphatic carbocycles. The molecule has 3 amide bonds. The van der Waals surface area contributed by atoms with Gasteiger partial charge in [-0.25, -0.2) is 4.98 Å². The summed E-state index contributed by atoms with van der Waals surface area (Å²) in [5, 5.41) is 26.4. The summed E-state index contributed by atoms with van der Waals surface area (Å²) < 4.78 is 0. The van der Waals surface area contributed by atoms with E-state index in [2.05, 4.69) is 30.9 Å². The van der Waals surface area contributed by atoms with Gasteiger partial charge in [-0.2, -0.15) is 0 Å². The Hall–Kier alpha value is -4.72. The van der Waals surface area contributed by atoms with E-state index in [1.54, 1.807) is 12.3 Å². The van der Waals surface area contributed by atoms with E-state index >= 15 is 0 Å². The number of aliphatic carboxylic acids is 2. The van der Waals surface area contributed by atoms with Gasteiger partial charge in [0.2, 0.25) is 17.7 Å². The second kappa shape index (κ2) is 12.5. The van der Waals surface area contributed by atoms with E-state index in [0.29, 0.717) is 11.3 Å². The van der Waals surface area contributed by atoms with Crippen LogP contribution in [0.1, 0.15) is 24.6 Å². The first kappa shape index (κ1) is 27.9. The Balaban J connectivity index is 1.79. The number of H-pyrrole nitrogens is 2. The van der Waals surface area contributed by atoms with Gasteiger partial charge in [0, 0.05) is 41.8 Å². The Kier molecular flexibility index (Phi) is 9.16. The van der Waals surface area contributed by atoms with Crippen LogP contribution < -0.4 is 21.7 Å². The molecule has 9 N–H and O–H groups in total. The number of aromatic nitrogens is 3. The third kappa shape index (κ3) is 7.39. The number of hydrogen-bond donors (Lipinski definition) is 8. The lowest BCUT2D eigenvalue weighted by Crippen LogP contribution is -2.58. The van der Waals surface area contributed by atoms with Crippen LogP contribution in [0.3, 0.4) is 0 Å². The van der Waals surface area contributed by atoms with Crippen molar-refractivity contribution < 1.29 is 34.2 Å². The van der Waals surface area contributed by atoms with Crippen molar-refractivity contribution in [2.75, 3.05) is 0 Å². The number of carbonyl (C=O) groups excluding carboxylic acids is 3. The maximum atomic E-state index is 13.1. The first-order valence-corrected chi connectivity index (χ1v) is 11.7. The highest BCUT2D eigenvalue weighted by Gasteiger charge is 2.31. The lowest BCUT2D eigenvalue weighted by molar-refractivity contribution is -0.143. The van der Waals surface area contributed by atoms with E-state index in [1.807, 2.05) is 18.2 Å². The number of nitrogens with two attached hydrogens (primary N) is 1. The molecule has 3 rings (SSSR count). The summed E-state index contributed by atoms with van der Waals surface area (Å²) in [5.41, 5.74) is 7.91. The standard InChI is InChI=1S/C24H29N7O7/c1-12(24(37)38)29-22(35)18(6-13-9-27-17-5-3-2-4-15(13)17)31-23(36)19(8-20(32)33)30-21(34)16(25)7-14-10-26-11-28-14/h2-5,9-12,16,18-19,27H,6-8,25H2,1H3,(H,26,28)(H,29,35)(H,30,34)(H,31,36)(H,32,33)(H,37,38). The number of nitrogens with zero attached hydrogens (tertiary/aromatic N) is 1. The fourth-order valence-corrected chi connectivity index (χ4v) is 3.77. The molecule has 0 bridgehead atoms. The number of para-hydroxylation sites is 1. The van der Waals surface area contributed by atoms with Crippen LogP contribution in [0.25, 0.3) is 10.9 Å². The average molecular weight is 528 g/mol. The molecule has 3 aromatic rings. The topological polar surface area (TPSA) is 232 Å². The van der Waals surface area contributed by atoms with E-state index in [9.17, 15) is 34.2 Å². The predicted molar refractivity (Wildman–Crippen MR) is 134 cm³/mol. The van der Waals surface area contributed by atoms with Gasteiger partial charge in [0.1, 0.15) is 18.1 Å². The van der Waals surface area contributed by atoms with Gasteiger partial charge in [-0.1, -0.05) is 18.2 Å². The number of carboxylic acids is 2. The minimum absolute atomic E-state index is 0.0407. The fraction of sp³-hybridized carbons (Fsp3) is 0.333. The summed E-state index contributed by atoms with van der Waals surface area (Å²) in [6.07, 6.45) is 3.78. The third-order valence-electron chi connectivity index (χ3n) is 5.80. The summed E-state index contributed by atoms with van der Waals surface area (Å²) in [7, 11) is 0. The number of amides is 3. The zero-order valence-electron chi connectivity index (χ0n) is 20.4. The quantitative estimate of drug-likeness (QED) is 0.136. The molecule has 0 saturated heterocycles. The van der Waals surface area contributed by atoms with E-state index in [0.717, 1.165) is 10.9 Å². The zero-order valence-corrected chi connectivity index (χ0v) is 20.4. The van der Waals surface area contributed by atoms with E-state index in [1.165, 1.54) is 19.4 Å². The van der Waals surface area contributed by atoms with Crippen LogP contribution in [0.4, 0.5) is 0 Å². The van der Waals surface area contributed by atoms with Gasteiger partial charge < -0.3 is 41.9 Å². The first-order valence-electron chi connectivity index (χ1n) is 11.7. The molecule has 0 spiro atoms. The first-order chi connectivity index (χ1) is 18.0. The SMILES string of the molecule is CC(NC(=O)C(Cc1c[nH]c2ccccc12)NC(=O)C(CC(=O)O)NC(=O)C(N)Cc1cnc[nH]1)C(=O)O. The number of nitrogens with one attached hydrogen (secondary N) is 5. The van der Waals surface area contributed by atoms with Crippen LogP contribution in [0.2, 0.25) is 0 Å². The fourth-order valence-electron chi connectivity index (χ4n) is 3.77. The van der Waals surface area contributed by atoms with Crippen molar-refractivity contribution in [1.29, 1.82) is 0 Å². The van der Waals surface area contributed by atoms with Crippen LogP contribution in [0, 0.1) is 0 Å². The third-order valence-corrected chi connectivity index (χ3v) is 5.80. The number of carbonyl (C=O) groups is 5. The molecule has 4 atom stereocenters. The second-order valence-corrected chi connectivity index (χ2v) is 8.74. The monoisotopic (exact) mass is 527 g/mol. The number of imidazole rings is 1. The van der Waals surface area contributed by atoms with Crippen molar-refractivity contribution in [3.05, 3.63) is 54.2 Å². The Labute approximate surface area is 216 Å². The van der Waals surface area contributed by atoms with Crippen LogP contribution >= 0.6 is 0 Å². The van der Waals surface area contributed by atoms with Gasteiger partial charge in [0.25, 0.3) is 0 Å². The highest BCUT2D eigenvalue weighted by atomic mass is 16.4. The summed E-state index contributed by atoms with van der Waals surface area (Å²) >= 11 is 0. The number of fused-ring (bicyclic) bond motifs is 1. The number of rotatable bonds is 13. The lowest BCUT2D eigenvalue weighted by Gasteiger charge is -2.24. The lowest BCUT2D eigenvalue weighted by atomic mass is 10.0. The number of hydrogen-bond acceptors (Lipinski definition) is 7. The van der Waals surface area contributed by atoms with E-state index in [4.69, 9.17) is 5.73 Å². The molecule has 4 unspecified atom stereocenters. The van der Waals surface area contributed by atoms with Gasteiger partial charge in [0.15, 0.2) is 0 Å². The molecule has 0 fully saturated rings. The Morgan fingerprint density at radius 2 is 1.63 bits per heavy atom. The van der Waals surface area contributed by atoms with Crippen LogP contribution in [0.15, 0.2) is 43.0 Å². The molecule has 0 radical (unpaired) electrons. The normalized spacial score (nSPS) is 14.2. The van der Waals surface area contributed by atoms with Crippen molar-refractivity contribution in [2.45, 2.75) is 50.4 Å². The van der Waals surface area contributed by atoms with Crippen molar-refractivity contribution in [3.63, 3.8) is 0 Å². The van der Waals surface area contributed by atoms with Gasteiger partial charge >= 0.3 is 11.9 Å². The van der Waals surface area contributed by atoms with Gasteiger partial charge in [-0.05, 0) is 18.6 Å². The predicted octanol–water partition coefficient (Wildman–Crippen LogP) is -0.963. The Bertz CT molecular complexity index is 1300. The molecule has 2 heterocycles. The molecular weight excluding hydrogens is 498 g/mol. The second-order valence-electron chi connectivity index (χ2n) is 8.74. The van der Waals surface area contributed by atoms with Gasteiger partial charge in [-0.15, -0.1) is 0 Å². The van der Waals surface area contributed by atoms with Gasteiger partial charge in [0.05, 0.1) is 18.8 Å². The minimum atomic E-state index is -1.55. The average Bonchev–Trinajstić information content (AvgIpc) is 3.52. The Morgan fingerprint density at radius 1 is 0.947 bits per heavy atom. The van der Waals surface area contributed by atoms with Crippen LogP contribution in [0.5, 0.6) is 0 Å². The summed E-state index contributed by atoms with van der Waals surface area (Å²) in [6.45, 7) is 1.26. The molecule has 0 aliphatic rings. The largest absolute Gasteiger partial charge is 0.481 e. The van der Waals surface area contributed by atoms with Crippen LogP contribution in [-0.2, 0) is 36.8 Å². The maximum Gasteiger partial charge on any atom is 0.325 e. The minimum Gasteiger partial charge on any atom is -0.481 e. The molecular formula is C24H29N7O7. The molecule has 202 valence electrons. The molecule has 0 aliphatic heterocycles. The Morgan fingerprint density at radius 3 is 2.29 bits per heavy atom. The number of benzene rings is 1. The molecule has 14 heteroatoms. The summed E-state index contributed by atoms with van der Waals surface area (Å²) in [5.74, 6) is -5.17.